The van der Waals surface area contributed by atoms with Gasteiger partial charge >= 0.3 is 0 Å². The van der Waals surface area contributed by atoms with Gasteiger partial charge in [0.15, 0.2) is 0 Å². The first kappa shape index (κ1) is 10.9. The molecule has 4 nitrogen and oxygen atoms in total. The Labute approximate surface area is 108 Å². The van der Waals surface area contributed by atoms with Gasteiger partial charge in [-0.15, -0.1) is 0 Å². The molecule has 0 atom stereocenters. The van der Waals surface area contributed by atoms with E-state index in [9.17, 15) is 4.79 Å². The van der Waals surface area contributed by atoms with E-state index in [-0.39, 0.29) is 0 Å². The molecule has 0 aliphatic carbocycles. The van der Waals surface area contributed by atoms with Crippen LogP contribution in [0.2, 0.25) is 0 Å². The molecular formula is C13H8ClN3O. The van der Waals surface area contributed by atoms with Crippen molar-refractivity contribution in [1.82, 2.24) is 14.5 Å². The maximum atomic E-state index is 11.4. The number of nitrogens with zero attached hydrogens (tertiary/aromatic N) is 3. The van der Waals surface area contributed by atoms with Crippen LogP contribution >= 0.6 is 11.6 Å². The van der Waals surface area contributed by atoms with Crippen molar-refractivity contribution in [3.8, 4) is 5.69 Å². The Morgan fingerprint density at radius 3 is 2.67 bits per heavy atom. The first-order valence-electron chi connectivity index (χ1n) is 5.33. The van der Waals surface area contributed by atoms with E-state index in [0.717, 1.165) is 11.1 Å². The van der Waals surface area contributed by atoms with Crippen molar-refractivity contribution in [2.45, 2.75) is 0 Å². The second-order valence-corrected chi connectivity index (χ2v) is 4.11. The van der Waals surface area contributed by atoms with Crippen LogP contribution in [0.15, 0.2) is 49.1 Å². The summed E-state index contributed by atoms with van der Waals surface area (Å²) >= 11 is 5.59. The lowest BCUT2D eigenvalue weighted by Crippen LogP contribution is -1.93. The maximum Gasteiger partial charge on any atom is 0.254 e. The number of rotatable bonds is 2. The molecule has 0 amide bonds. The van der Waals surface area contributed by atoms with Gasteiger partial charge in [0.1, 0.15) is 5.65 Å². The normalized spacial score (nSPS) is 10.7. The lowest BCUT2D eigenvalue weighted by atomic mass is 10.2. The van der Waals surface area contributed by atoms with Gasteiger partial charge in [0.05, 0.1) is 11.3 Å². The fourth-order valence-electron chi connectivity index (χ4n) is 1.92. The summed E-state index contributed by atoms with van der Waals surface area (Å²) in [6.45, 7) is 0. The Morgan fingerprint density at radius 1 is 1.17 bits per heavy atom. The van der Waals surface area contributed by atoms with Gasteiger partial charge in [0.2, 0.25) is 0 Å². The van der Waals surface area contributed by atoms with E-state index in [0.29, 0.717) is 11.2 Å². The van der Waals surface area contributed by atoms with Crippen molar-refractivity contribution in [2.24, 2.45) is 0 Å². The predicted molar refractivity (Wildman–Crippen MR) is 69.0 cm³/mol. The molecule has 3 heterocycles. The fraction of sp³-hybridized carbons (Fsp3) is 0. The third-order valence-electron chi connectivity index (χ3n) is 2.72. The average Bonchev–Trinajstić information content (AvgIpc) is 2.79. The summed E-state index contributed by atoms with van der Waals surface area (Å²) in [7, 11) is 0. The molecule has 0 spiro atoms. The monoisotopic (exact) mass is 257 g/mol. The highest BCUT2D eigenvalue weighted by atomic mass is 35.5. The second kappa shape index (κ2) is 4.23. The van der Waals surface area contributed by atoms with E-state index in [1.54, 1.807) is 30.9 Å². The molecule has 0 bridgehead atoms. The Hall–Kier alpha value is -2.20. The zero-order valence-corrected chi connectivity index (χ0v) is 10.0. The number of aromatic nitrogens is 3. The number of pyridine rings is 2. The summed E-state index contributed by atoms with van der Waals surface area (Å²) < 4.78 is 1.83. The Kier molecular flexibility index (Phi) is 2.57. The lowest BCUT2D eigenvalue weighted by Gasteiger charge is -2.02. The first-order valence-corrected chi connectivity index (χ1v) is 5.71. The number of hydrogen-bond donors (Lipinski definition) is 0. The van der Waals surface area contributed by atoms with E-state index in [4.69, 9.17) is 11.6 Å². The van der Waals surface area contributed by atoms with Crippen molar-refractivity contribution < 1.29 is 4.79 Å². The van der Waals surface area contributed by atoms with Crippen LogP contribution in [-0.2, 0) is 0 Å². The maximum absolute atomic E-state index is 11.4. The minimum absolute atomic E-state index is 0.455. The molecule has 0 saturated heterocycles. The van der Waals surface area contributed by atoms with E-state index in [2.05, 4.69) is 9.97 Å². The molecule has 0 N–H and O–H groups in total. The Balaban J connectivity index is 2.34. The third-order valence-corrected chi connectivity index (χ3v) is 2.92. The number of carbonyl (C=O) groups is 1. The molecular weight excluding hydrogens is 250 g/mol. The Bertz CT molecular complexity index is 721. The number of halogens is 1. The summed E-state index contributed by atoms with van der Waals surface area (Å²) in [6.07, 6.45) is 6.75. The third kappa shape index (κ3) is 1.67. The van der Waals surface area contributed by atoms with Crippen LogP contribution in [0.5, 0.6) is 0 Å². The number of carbonyl (C=O) groups excluding carboxylic acids is 1. The van der Waals surface area contributed by atoms with Crippen molar-refractivity contribution >= 4 is 27.9 Å². The summed E-state index contributed by atoms with van der Waals surface area (Å²) in [6, 6.07) is 7.30. The first-order chi connectivity index (χ1) is 8.77. The molecule has 0 aliphatic rings. The van der Waals surface area contributed by atoms with Gasteiger partial charge < -0.3 is 4.57 Å². The van der Waals surface area contributed by atoms with Crippen molar-refractivity contribution in [2.75, 3.05) is 0 Å². The van der Waals surface area contributed by atoms with Crippen LogP contribution in [-0.4, -0.2) is 19.8 Å². The van der Waals surface area contributed by atoms with Gasteiger partial charge in [0.25, 0.3) is 5.24 Å². The van der Waals surface area contributed by atoms with Crippen LogP contribution in [0, 0.1) is 0 Å². The van der Waals surface area contributed by atoms with E-state index in [1.165, 1.54) is 0 Å². The highest BCUT2D eigenvalue weighted by Gasteiger charge is 2.14. The SMILES string of the molecule is O=C(Cl)c1cn(-c2ccncc2)c2ncccc12. The van der Waals surface area contributed by atoms with Gasteiger partial charge in [-0.05, 0) is 35.9 Å². The van der Waals surface area contributed by atoms with Crippen molar-refractivity contribution in [3.63, 3.8) is 0 Å². The van der Waals surface area contributed by atoms with Crippen LogP contribution < -0.4 is 0 Å². The van der Waals surface area contributed by atoms with Gasteiger partial charge in [-0.2, -0.15) is 0 Å². The molecule has 3 aromatic rings. The van der Waals surface area contributed by atoms with E-state index >= 15 is 0 Å². The van der Waals surface area contributed by atoms with Crippen LogP contribution in [0.25, 0.3) is 16.7 Å². The van der Waals surface area contributed by atoms with Gasteiger partial charge in [0, 0.05) is 30.2 Å². The lowest BCUT2D eigenvalue weighted by molar-refractivity contribution is 0.108. The smallest absolute Gasteiger partial charge is 0.254 e. The quantitative estimate of drug-likeness (QED) is 0.663. The molecule has 0 radical (unpaired) electrons. The number of fused-ring (bicyclic) bond motifs is 1. The summed E-state index contributed by atoms with van der Waals surface area (Å²) in [4.78, 5) is 19.7. The molecule has 88 valence electrons. The van der Waals surface area contributed by atoms with Gasteiger partial charge in [-0.1, -0.05) is 0 Å². The average molecular weight is 258 g/mol. The minimum atomic E-state index is -0.485. The fourth-order valence-corrected chi connectivity index (χ4v) is 2.07. The molecule has 18 heavy (non-hydrogen) atoms. The molecule has 3 aromatic heterocycles. The van der Waals surface area contributed by atoms with Crippen LogP contribution in [0.3, 0.4) is 0 Å². The van der Waals surface area contributed by atoms with Gasteiger partial charge in [-0.3, -0.25) is 9.78 Å². The molecule has 0 unspecified atom stereocenters. The molecule has 0 aliphatic heterocycles. The minimum Gasteiger partial charge on any atom is -0.300 e. The second-order valence-electron chi connectivity index (χ2n) is 3.77. The van der Waals surface area contributed by atoms with Crippen molar-refractivity contribution in [1.29, 1.82) is 0 Å². The molecule has 0 fully saturated rings. The van der Waals surface area contributed by atoms with Gasteiger partial charge in [-0.25, -0.2) is 4.98 Å². The topological polar surface area (TPSA) is 47.8 Å². The highest BCUT2D eigenvalue weighted by molar-refractivity contribution is 6.68. The predicted octanol–water partition coefficient (Wildman–Crippen LogP) is 2.80. The van der Waals surface area contributed by atoms with E-state index < -0.39 is 5.24 Å². The summed E-state index contributed by atoms with van der Waals surface area (Å²) in [5.74, 6) is 0. The van der Waals surface area contributed by atoms with Crippen LogP contribution in [0.4, 0.5) is 0 Å². The zero-order chi connectivity index (χ0) is 12.5. The highest BCUT2D eigenvalue weighted by Crippen LogP contribution is 2.23. The van der Waals surface area contributed by atoms with E-state index in [1.807, 2.05) is 22.8 Å². The zero-order valence-electron chi connectivity index (χ0n) is 9.25. The number of hydrogen-bond acceptors (Lipinski definition) is 3. The molecule has 3 rings (SSSR count). The standard InChI is InChI=1S/C13H8ClN3O/c14-12(18)11-8-17(9-3-6-15-7-4-9)13-10(11)2-1-5-16-13/h1-8H. The Morgan fingerprint density at radius 2 is 1.94 bits per heavy atom. The molecule has 5 heteroatoms. The summed E-state index contributed by atoms with van der Waals surface area (Å²) in [5, 5.41) is 0.259. The van der Waals surface area contributed by atoms with Crippen LogP contribution in [0.1, 0.15) is 10.4 Å². The molecule has 0 saturated carbocycles. The largest absolute Gasteiger partial charge is 0.300 e. The summed E-state index contributed by atoms with van der Waals surface area (Å²) in [5.41, 5.74) is 2.04. The molecule has 0 aromatic carbocycles. The van der Waals surface area contributed by atoms with Crippen molar-refractivity contribution in [3.05, 3.63) is 54.6 Å².